The first kappa shape index (κ1) is 15.5. The minimum atomic E-state index is -0.291. The number of rotatable bonds is 2. The third-order valence-electron chi connectivity index (χ3n) is 1.66. The van der Waals surface area contributed by atoms with Crippen LogP contribution in [0.25, 0.3) is 0 Å². The molecule has 0 bridgehead atoms. The highest BCUT2D eigenvalue weighted by molar-refractivity contribution is 9.19. The average molecular weight is 608 g/mol. The van der Waals surface area contributed by atoms with Gasteiger partial charge in [-0.05, 0) is 95.6 Å². The van der Waals surface area contributed by atoms with Crippen molar-refractivity contribution in [3.05, 3.63) is 29.0 Å². The second-order valence-electron chi connectivity index (χ2n) is 2.55. The zero-order valence-corrected chi connectivity index (χ0v) is 16.6. The number of hydrogen-bond donors (Lipinski definition) is 0. The van der Waals surface area contributed by atoms with E-state index in [0.29, 0.717) is 29.0 Å². The molecule has 0 aliphatic carbocycles. The van der Waals surface area contributed by atoms with E-state index >= 15 is 0 Å². The van der Waals surface area contributed by atoms with Crippen molar-refractivity contribution in [2.75, 3.05) is 0 Å². The maximum absolute atomic E-state index is 11.4. The van der Waals surface area contributed by atoms with E-state index in [4.69, 9.17) is 0 Å². The normalized spacial score (nSPS) is 10.4. The van der Waals surface area contributed by atoms with Gasteiger partial charge in [0.25, 0.3) is 0 Å². The third kappa shape index (κ3) is 2.88. The molecule has 1 aromatic carbocycles. The monoisotopic (exact) mass is 601 g/mol. The Bertz CT molecular complexity index is 422. The third-order valence-corrected chi connectivity index (χ3v) is 6.69. The summed E-state index contributed by atoms with van der Waals surface area (Å²) in [6, 6.07) is 0. The van der Waals surface area contributed by atoms with Gasteiger partial charge in [-0.15, -0.1) is 0 Å². The molecule has 1 aromatic rings. The highest BCUT2D eigenvalue weighted by Crippen LogP contribution is 2.43. The summed E-state index contributed by atoms with van der Waals surface area (Å²) in [6.07, 6.45) is 0. The van der Waals surface area contributed by atoms with Crippen LogP contribution in [0.2, 0.25) is 0 Å². The van der Waals surface area contributed by atoms with Gasteiger partial charge in [0.05, 0.1) is 11.1 Å². The molecule has 0 unspecified atom stereocenters. The molecule has 0 spiro atoms. The lowest BCUT2D eigenvalue weighted by molar-refractivity contribution is 0.108. The molecular weight excluding hydrogens is 608 g/mol. The van der Waals surface area contributed by atoms with Crippen LogP contribution >= 0.6 is 95.6 Å². The first-order chi connectivity index (χ1) is 7.29. The van der Waals surface area contributed by atoms with Crippen LogP contribution < -0.4 is 0 Å². The van der Waals surface area contributed by atoms with E-state index in [1.54, 1.807) is 0 Å². The fourth-order valence-corrected chi connectivity index (χ4v) is 5.67. The lowest BCUT2D eigenvalue weighted by atomic mass is 10.2. The molecule has 8 heteroatoms. The van der Waals surface area contributed by atoms with Crippen LogP contribution in [0.1, 0.15) is 20.7 Å². The predicted molar refractivity (Wildman–Crippen MR) is 83.8 cm³/mol. The van der Waals surface area contributed by atoms with Gasteiger partial charge in [-0.25, -0.2) is 0 Å². The second kappa shape index (κ2) is 6.06. The predicted octanol–water partition coefficient (Wildman–Crippen LogP) is 5.81. The average Bonchev–Trinajstić information content (AvgIpc) is 2.14. The van der Waals surface area contributed by atoms with E-state index in [0.717, 1.165) is 0 Å². The van der Waals surface area contributed by atoms with E-state index in [1.807, 2.05) is 0 Å². The molecule has 0 fully saturated rings. The number of benzene rings is 1. The fourth-order valence-electron chi connectivity index (χ4n) is 0.977. The highest BCUT2D eigenvalue weighted by atomic mass is 79.9. The standard InChI is InChI=1S/C8Br6O2/c9-3-1(7(13)15)4(10)6(12)2(5(3)11)8(14)16. The van der Waals surface area contributed by atoms with Gasteiger partial charge in [0.1, 0.15) is 0 Å². The van der Waals surface area contributed by atoms with Crippen molar-refractivity contribution in [3.63, 3.8) is 0 Å². The number of hydrogen-bond acceptors (Lipinski definition) is 2. The van der Waals surface area contributed by atoms with Crippen LogP contribution in [0.3, 0.4) is 0 Å². The molecular formula is C8Br6O2. The van der Waals surface area contributed by atoms with Crippen molar-refractivity contribution in [2.24, 2.45) is 0 Å². The molecule has 2 nitrogen and oxygen atoms in total. The summed E-state index contributed by atoms with van der Waals surface area (Å²) < 4.78 is 1.45. The van der Waals surface area contributed by atoms with Crippen molar-refractivity contribution >= 4 is 105 Å². The second-order valence-corrected chi connectivity index (χ2v) is 7.17. The molecule has 0 atom stereocenters. The van der Waals surface area contributed by atoms with Gasteiger partial charge < -0.3 is 0 Å². The molecule has 16 heavy (non-hydrogen) atoms. The van der Waals surface area contributed by atoms with Gasteiger partial charge in [0.15, 0.2) is 0 Å². The molecule has 0 amide bonds. The van der Waals surface area contributed by atoms with Gasteiger partial charge in [-0.3, -0.25) is 9.59 Å². The van der Waals surface area contributed by atoms with E-state index < -0.39 is 0 Å². The summed E-state index contributed by atoms with van der Waals surface area (Å²) in [5.41, 5.74) is 0.799. The smallest absolute Gasteiger partial charge is 0.230 e. The first-order valence-electron chi connectivity index (χ1n) is 3.54. The van der Waals surface area contributed by atoms with Crippen LogP contribution in [0.5, 0.6) is 0 Å². The van der Waals surface area contributed by atoms with E-state index in [-0.39, 0.29) is 9.39 Å². The van der Waals surface area contributed by atoms with Gasteiger partial charge in [0, 0.05) is 17.9 Å². The Balaban J connectivity index is 3.77. The Morgan fingerprint density at radius 1 is 0.625 bits per heavy atom. The Morgan fingerprint density at radius 3 is 0.938 bits per heavy atom. The van der Waals surface area contributed by atoms with E-state index in [9.17, 15) is 9.59 Å². The molecule has 0 N–H and O–H groups in total. The van der Waals surface area contributed by atoms with Crippen LogP contribution in [0.15, 0.2) is 17.9 Å². The summed E-state index contributed by atoms with van der Waals surface area (Å²) in [7, 11) is 0. The minimum Gasteiger partial charge on any atom is -0.281 e. The highest BCUT2D eigenvalue weighted by Gasteiger charge is 2.24. The minimum absolute atomic E-state index is 0.291. The number of carbonyl (C=O) groups excluding carboxylic acids is 2. The van der Waals surface area contributed by atoms with Gasteiger partial charge in [-0.1, -0.05) is 0 Å². The van der Waals surface area contributed by atoms with E-state index in [2.05, 4.69) is 95.6 Å². The molecule has 86 valence electrons. The number of carbonyl (C=O) groups is 2. The molecule has 0 saturated heterocycles. The maximum atomic E-state index is 11.4. The Kier molecular flexibility index (Phi) is 5.87. The lowest BCUT2D eigenvalue weighted by Crippen LogP contribution is -2.01. The topological polar surface area (TPSA) is 34.1 Å². The van der Waals surface area contributed by atoms with Crippen molar-refractivity contribution in [2.45, 2.75) is 0 Å². The summed E-state index contributed by atoms with van der Waals surface area (Å²) >= 11 is 18.8. The van der Waals surface area contributed by atoms with E-state index in [1.165, 1.54) is 0 Å². The Hall–Kier alpha value is 1.44. The first-order valence-corrected chi connectivity index (χ1v) is 8.30. The molecule has 0 aromatic heterocycles. The molecule has 1 rings (SSSR count). The molecule has 0 aliphatic rings. The quantitative estimate of drug-likeness (QED) is 0.315. The summed E-state index contributed by atoms with van der Waals surface area (Å²) in [5.74, 6) is 0. The van der Waals surface area contributed by atoms with Crippen LogP contribution in [0, 0.1) is 0 Å². The van der Waals surface area contributed by atoms with Crippen molar-refractivity contribution in [3.8, 4) is 0 Å². The molecule has 0 aliphatic heterocycles. The van der Waals surface area contributed by atoms with Crippen molar-refractivity contribution < 1.29 is 9.59 Å². The van der Waals surface area contributed by atoms with Gasteiger partial charge in [-0.2, -0.15) is 0 Å². The lowest BCUT2D eigenvalue weighted by Gasteiger charge is -2.11. The summed E-state index contributed by atoms with van der Waals surface area (Å²) in [5, 5.41) is 0. The van der Waals surface area contributed by atoms with Gasteiger partial charge >= 0.3 is 0 Å². The fraction of sp³-hybridized carbons (Fsp3) is 0. The molecule has 0 heterocycles. The number of halogens is 6. The Morgan fingerprint density at radius 2 is 0.812 bits per heavy atom. The van der Waals surface area contributed by atoms with Crippen molar-refractivity contribution in [1.29, 1.82) is 0 Å². The Labute approximate surface area is 142 Å². The van der Waals surface area contributed by atoms with Gasteiger partial charge in [0.2, 0.25) is 9.39 Å². The largest absolute Gasteiger partial charge is 0.281 e. The SMILES string of the molecule is O=C(Br)c1c(Br)c(Br)c(C(=O)Br)c(Br)c1Br. The van der Waals surface area contributed by atoms with Crippen molar-refractivity contribution in [1.82, 2.24) is 0 Å². The van der Waals surface area contributed by atoms with Crippen LogP contribution in [-0.4, -0.2) is 9.39 Å². The molecule has 0 radical (unpaired) electrons. The summed E-state index contributed by atoms with van der Waals surface area (Å²) in [6.45, 7) is 0. The van der Waals surface area contributed by atoms with Crippen LogP contribution in [-0.2, 0) is 0 Å². The summed E-state index contributed by atoms with van der Waals surface area (Å²) in [4.78, 5) is 22.8. The zero-order chi connectivity index (χ0) is 12.6. The molecule has 0 saturated carbocycles. The van der Waals surface area contributed by atoms with Crippen LogP contribution in [0.4, 0.5) is 0 Å². The zero-order valence-electron chi connectivity index (χ0n) is 7.08. The maximum Gasteiger partial charge on any atom is 0.230 e.